The van der Waals surface area contributed by atoms with Crippen molar-refractivity contribution in [2.45, 2.75) is 6.54 Å². The fourth-order valence-corrected chi connectivity index (χ4v) is 4.16. The highest BCUT2D eigenvalue weighted by Gasteiger charge is 2.25. The number of aromatic nitrogens is 2. The Morgan fingerprint density at radius 2 is 2.00 bits per heavy atom. The van der Waals surface area contributed by atoms with Crippen molar-refractivity contribution in [3.05, 3.63) is 69.6 Å². The number of nitrogens with two attached hydrogens (primary N) is 1. The van der Waals surface area contributed by atoms with Crippen molar-refractivity contribution in [2.75, 3.05) is 31.5 Å². The third kappa shape index (κ3) is 5.04. The highest BCUT2D eigenvalue weighted by molar-refractivity contribution is 7.13. The number of hydrogen-bond donors (Lipinski definition) is 2. The Hall–Kier alpha value is -3.08. The van der Waals surface area contributed by atoms with Crippen LogP contribution in [0.15, 0.2) is 41.9 Å². The number of carbonyl (C=O) groups excluding carboxylic acids is 2. The van der Waals surface area contributed by atoms with E-state index in [4.69, 9.17) is 17.3 Å². The van der Waals surface area contributed by atoms with E-state index in [-0.39, 0.29) is 16.5 Å². The van der Waals surface area contributed by atoms with Crippen LogP contribution < -0.4 is 11.1 Å². The summed E-state index contributed by atoms with van der Waals surface area (Å²) in [6.07, 6.45) is 1.67. The average molecular weight is 475 g/mol. The Morgan fingerprint density at radius 3 is 2.69 bits per heavy atom. The maximum atomic E-state index is 14.2. The second kappa shape index (κ2) is 9.60. The maximum Gasteiger partial charge on any atom is 0.256 e. The number of anilines is 2. The first-order valence-corrected chi connectivity index (χ1v) is 11.1. The van der Waals surface area contributed by atoms with Crippen LogP contribution in [-0.2, 0) is 6.54 Å². The van der Waals surface area contributed by atoms with Crippen molar-refractivity contribution >= 4 is 45.7 Å². The van der Waals surface area contributed by atoms with Gasteiger partial charge in [-0.25, -0.2) is 14.4 Å². The number of thiazole rings is 1. The van der Waals surface area contributed by atoms with Crippen molar-refractivity contribution in [3.8, 4) is 0 Å². The second-order valence-electron chi connectivity index (χ2n) is 7.23. The molecule has 8 nitrogen and oxygen atoms in total. The number of pyridine rings is 1. The zero-order valence-electron chi connectivity index (χ0n) is 16.9. The summed E-state index contributed by atoms with van der Waals surface area (Å²) in [7, 11) is 0. The first-order chi connectivity index (χ1) is 15.4. The molecule has 1 fully saturated rings. The number of benzene rings is 1. The van der Waals surface area contributed by atoms with E-state index < -0.39 is 11.7 Å². The van der Waals surface area contributed by atoms with E-state index in [1.165, 1.54) is 23.5 Å². The molecular weight excluding hydrogens is 455 g/mol. The smallest absolute Gasteiger partial charge is 0.256 e. The van der Waals surface area contributed by atoms with Gasteiger partial charge in [0.05, 0.1) is 16.3 Å². The van der Waals surface area contributed by atoms with Crippen molar-refractivity contribution in [3.63, 3.8) is 0 Å². The Kier molecular flexibility index (Phi) is 6.63. The molecule has 1 saturated heterocycles. The van der Waals surface area contributed by atoms with Gasteiger partial charge in [0, 0.05) is 49.9 Å². The summed E-state index contributed by atoms with van der Waals surface area (Å²) in [5.41, 5.74) is 6.47. The molecule has 0 atom stereocenters. The van der Waals surface area contributed by atoms with Crippen LogP contribution in [0.2, 0.25) is 5.02 Å². The molecule has 3 heterocycles. The summed E-state index contributed by atoms with van der Waals surface area (Å²) in [5, 5.41) is 5.49. The van der Waals surface area contributed by atoms with Crippen LogP contribution in [0.25, 0.3) is 0 Å². The van der Waals surface area contributed by atoms with Gasteiger partial charge in [0.25, 0.3) is 5.91 Å². The highest BCUT2D eigenvalue weighted by atomic mass is 35.5. The van der Waals surface area contributed by atoms with Gasteiger partial charge >= 0.3 is 0 Å². The molecule has 2 aromatic heterocycles. The van der Waals surface area contributed by atoms with E-state index in [1.54, 1.807) is 29.3 Å². The van der Waals surface area contributed by atoms with Crippen LogP contribution in [0.4, 0.5) is 15.3 Å². The number of nitrogens with one attached hydrogen (secondary N) is 1. The fourth-order valence-electron chi connectivity index (χ4n) is 3.45. The van der Waals surface area contributed by atoms with E-state index in [0.717, 1.165) is 0 Å². The zero-order valence-corrected chi connectivity index (χ0v) is 18.5. The second-order valence-corrected chi connectivity index (χ2v) is 8.53. The molecule has 166 valence electrons. The number of primary amides is 1. The first-order valence-electron chi connectivity index (χ1n) is 9.83. The van der Waals surface area contributed by atoms with Gasteiger partial charge in [-0.3, -0.25) is 14.5 Å². The summed E-state index contributed by atoms with van der Waals surface area (Å²) >= 11 is 7.22. The molecule has 0 radical (unpaired) electrons. The lowest BCUT2D eigenvalue weighted by Crippen LogP contribution is -2.48. The highest BCUT2D eigenvalue weighted by Crippen LogP contribution is 2.22. The number of piperazine rings is 1. The number of halogens is 2. The zero-order chi connectivity index (χ0) is 22.7. The maximum absolute atomic E-state index is 14.2. The third-order valence-electron chi connectivity index (χ3n) is 5.06. The Balaban J connectivity index is 1.42. The van der Waals surface area contributed by atoms with Crippen LogP contribution in [0, 0.1) is 5.82 Å². The topological polar surface area (TPSA) is 104 Å². The normalized spacial score (nSPS) is 14.4. The largest absolute Gasteiger partial charge is 0.366 e. The predicted molar refractivity (Wildman–Crippen MR) is 121 cm³/mol. The molecule has 1 aliphatic heterocycles. The summed E-state index contributed by atoms with van der Waals surface area (Å²) < 4.78 is 14.2. The van der Waals surface area contributed by atoms with Crippen LogP contribution in [0.5, 0.6) is 0 Å². The monoisotopic (exact) mass is 474 g/mol. The molecule has 0 bridgehead atoms. The molecule has 1 aliphatic rings. The van der Waals surface area contributed by atoms with Crippen LogP contribution >= 0.6 is 22.9 Å². The summed E-state index contributed by atoms with van der Waals surface area (Å²) in [6, 6.07) is 7.66. The molecule has 11 heteroatoms. The first kappa shape index (κ1) is 22.1. The van der Waals surface area contributed by atoms with E-state index in [0.29, 0.717) is 54.9 Å². The van der Waals surface area contributed by atoms with E-state index >= 15 is 0 Å². The average Bonchev–Trinajstić information content (AvgIpc) is 3.28. The molecule has 3 aromatic rings. The minimum Gasteiger partial charge on any atom is -0.366 e. The molecule has 4 rings (SSSR count). The molecule has 1 aromatic carbocycles. The van der Waals surface area contributed by atoms with E-state index in [9.17, 15) is 14.0 Å². The van der Waals surface area contributed by atoms with Gasteiger partial charge in [-0.2, -0.15) is 0 Å². The van der Waals surface area contributed by atoms with Crippen LogP contribution in [0.1, 0.15) is 26.4 Å². The molecule has 0 aliphatic carbocycles. The molecule has 0 unspecified atom stereocenters. The van der Waals surface area contributed by atoms with Gasteiger partial charge in [-0.15, -0.1) is 11.3 Å². The van der Waals surface area contributed by atoms with Gasteiger partial charge < -0.3 is 16.0 Å². The van der Waals surface area contributed by atoms with E-state index in [2.05, 4.69) is 20.2 Å². The molecular formula is C21H20ClFN6O2S. The molecule has 3 N–H and O–H groups in total. The molecule has 0 spiro atoms. The van der Waals surface area contributed by atoms with Gasteiger partial charge in [0.15, 0.2) is 10.9 Å². The molecule has 2 amide bonds. The molecule has 32 heavy (non-hydrogen) atoms. The number of carbonyl (C=O) groups is 2. The number of hydrogen-bond acceptors (Lipinski definition) is 7. The van der Waals surface area contributed by atoms with Gasteiger partial charge in [-0.1, -0.05) is 17.7 Å². The Morgan fingerprint density at radius 1 is 1.22 bits per heavy atom. The van der Waals surface area contributed by atoms with Crippen molar-refractivity contribution < 1.29 is 14.0 Å². The van der Waals surface area contributed by atoms with Crippen LogP contribution in [0.3, 0.4) is 0 Å². The summed E-state index contributed by atoms with van der Waals surface area (Å²) in [6.45, 7) is 2.49. The summed E-state index contributed by atoms with van der Waals surface area (Å²) in [5.74, 6) is -1.14. The van der Waals surface area contributed by atoms with Gasteiger partial charge in [0.2, 0.25) is 5.91 Å². The van der Waals surface area contributed by atoms with Crippen molar-refractivity contribution in [1.82, 2.24) is 19.8 Å². The van der Waals surface area contributed by atoms with Crippen molar-refractivity contribution in [1.29, 1.82) is 0 Å². The number of rotatable bonds is 6. The minimum atomic E-state index is -0.700. The van der Waals surface area contributed by atoms with Gasteiger partial charge in [0.1, 0.15) is 5.82 Å². The third-order valence-corrected chi connectivity index (χ3v) is 6.04. The Labute approximate surface area is 192 Å². The van der Waals surface area contributed by atoms with Crippen molar-refractivity contribution in [2.24, 2.45) is 5.73 Å². The Bertz CT molecular complexity index is 1140. The quantitative estimate of drug-likeness (QED) is 0.568. The van der Waals surface area contributed by atoms with Crippen LogP contribution in [-0.4, -0.2) is 57.8 Å². The fraction of sp³-hybridized carbons (Fsp3) is 0.238. The van der Waals surface area contributed by atoms with Gasteiger partial charge in [-0.05, 0) is 24.3 Å². The number of amides is 2. The van der Waals surface area contributed by atoms with E-state index in [1.807, 2.05) is 5.38 Å². The standard InChI is InChI=1S/C21H20ClFN6O2S/c22-16-3-1-2-15(18(16)23)20(31)29-7-5-28(6-8-29)12-14-10-13(19(24)30)11-17(26-14)27-21-25-4-9-32-21/h1-4,9-11H,5-8,12H2,(H2,24,30)(H,25,26,27). The SMILES string of the molecule is NC(=O)c1cc(CN2CCN(C(=O)c3cccc(Cl)c3F)CC2)nc(Nc2nccs2)c1. The summed E-state index contributed by atoms with van der Waals surface area (Å²) in [4.78, 5) is 36.9. The molecule has 0 saturated carbocycles. The lowest BCUT2D eigenvalue weighted by Gasteiger charge is -2.34. The lowest BCUT2D eigenvalue weighted by atomic mass is 10.1. The lowest BCUT2D eigenvalue weighted by molar-refractivity contribution is 0.0622. The number of nitrogens with zero attached hydrogens (tertiary/aromatic N) is 4. The predicted octanol–water partition coefficient (Wildman–Crippen LogP) is 3.13. The minimum absolute atomic E-state index is 0.0281.